The van der Waals surface area contributed by atoms with Gasteiger partial charge in [-0.15, -0.1) is 0 Å². The molecule has 1 amide bonds. The molecule has 0 saturated carbocycles. The average molecular weight is 383 g/mol. The lowest BCUT2D eigenvalue weighted by atomic mass is 10.2. The minimum atomic E-state index is -0.593. The second kappa shape index (κ2) is 8.32. The maximum absolute atomic E-state index is 12.1. The van der Waals surface area contributed by atoms with Crippen molar-refractivity contribution in [1.29, 1.82) is 0 Å². The molecule has 4 rings (SSSR count). The molecule has 9 heteroatoms. The van der Waals surface area contributed by atoms with Crippen LogP contribution in [0, 0.1) is 0 Å². The highest BCUT2D eigenvalue weighted by atomic mass is 16.6. The Balaban J connectivity index is 1.25. The average Bonchev–Trinajstić information content (AvgIpc) is 3.16. The van der Waals surface area contributed by atoms with Crippen molar-refractivity contribution in [3.05, 3.63) is 42.7 Å². The maximum atomic E-state index is 12.1. The summed E-state index contributed by atoms with van der Waals surface area (Å²) < 4.78 is 10.3. The van der Waals surface area contributed by atoms with Crippen LogP contribution in [-0.2, 0) is 9.53 Å². The number of piperazine rings is 1. The van der Waals surface area contributed by atoms with Crippen molar-refractivity contribution in [3.63, 3.8) is 0 Å². The summed E-state index contributed by atoms with van der Waals surface area (Å²) in [5, 5.41) is 1.78. The molecule has 2 fully saturated rings. The fraction of sp³-hybridized carbons (Fsp3) is 0.368. The number of ether oxygens (including phenoxy) is 2. The third-order valence-corrected chi connectivity index (χ3v) is 4.78. The monoisotopic (exact) mass is 383 g/mol. The fourth-order valence-electron chi connectivity index (χ4n) is 3.33. The molecule has 2 aliphatic rings. The van der Waals surface area contributed by atoms with E-state index in [9.17, 15) is 9.59 Å². The van der Waals surface area contributed by atoms with Gasteiger partial charge in [0, 0.05) is 38.2 Å². The second-order valence-corrected chi connectivity index (χ2v) is 6.60. The van der Waals surface area contributed by atoms with Crippen molar-refractivity contribution in [2.45, 2.75) is 12.5 Å². The molecule has 0 radical (unpaired) electrons. The summed E-state index contributed by atoms with van der Waals surface area (Å²) in [4.78, 5) is 34.3. The van der Waals surface area contributed by atoms with Crippen LogP contribution in [0.3, 0.4) is 0 Å². The van der Waals surface area contributed by atoms with Crippen molar-refractivity contribution >= 4 is 12.1 Å². The van der Waals surface area contributed by atoms with Gasteiger partial charge in [-0.1, -0.05) is 30.3 Å². The number of hydrogen-bond donors (Lipinski definition) is 1. The number of nitrogens with one attached hydrogen (secondary N) is 1. The van der Waals surface area contributed by atoms with Crippen LogP contribution >= 0.6 is 0 Å². The van der Waals surface area contributed by atoms with E-state index in [1.54, 1.807) is 5.01 Å². The Hall–Kier alpha value is -3.04. The highest BCUT2D eigenvalue weighted by Gasteiger charge is 2.34. The number of carbonyl (C=O) groups excluding carboxylic acids is 2. The predicted molar refractivity (Wildman–Crippen MR) is 99.1 cm³/mol. The summed E-state index contributed by atoms with van der Waals surface area (Å²) in [6.07, 6.45) is 3.08. The van der Waals surface area contributed by atoms with Gasteiger partial charge in [-0.3, -0.25) is 15.1 Å². The largest absolute Gasteiger partial charge is 0.464 e. The van der Waals surface area contributed by atoms with Crippen molar-refractivity contribution in [3.8, 4) is 17.1 Å². The number of hydrogen-bond acceptors (Lipinski definition) is 8. The quantitative estimate of drug-likeness (QED) is 0.784. The number of hydrazine groups is 1. The number of rotatable bonds is 4. The molecule has 2 aliphatic heterocycles. The molecule has 1 atom stereocenters. The van der Waals surface area contributed by atoms with Gasteiger partial charge in [-0.25, -0.2) is 19.8 Å². The molecule has 2 saturated heterocycles. The maximum Gasteiger partial charge on any atom is 0.427 e. The van der Waals surface area contributed by atoms with Crippen LogP contribution in [0.25, 0.3) is 11.4 Å². The van der Waals surface area contributed by atoms with E-state index in [0.717, 1.165) is 12.0 Å². The van der Waals surface area contributed by atoms with E-state index in [2.05, 4.69) is 20.3 Å². The first-order valence-electron chi connectivity index (χ1n) is 9.20. The first kappa shape index (κ1) is 18.3. The normalized spacial score (nSPS) is 20.6. The summed E-state index contributed by atoms with van der Waals surface area (Å²) in [7, 11) is 0. The number of amides is 1. The molecule has 1 aromatic carbocycles. The first-order chi connectivity index (χ1) is 13.7. The number of carbonyl (C=O) groups is 2. The van der Waals surface area contributed by atoms with Gasteiger partial charge in [0.2, 0.25) is 0 Å². The van der Waals surface area contributed by atoms with Gasteiger partial charge in [-0.2, -0.15) is 0 Å². The highest BCUT2D eigenvalue weighted by Crippen LogP contribution is 2.17. The Morgan fingerprint density at radius 3 is 2.46 bits per heavy atom. The van der Waals surface area contributed by atoms with Crippen LogP contribution in [0.5, 0.6) is 5.75 Å². The molecule has 28 heavy (non-hydrogen) atoms. The van der Waals surface area contributed by atoms with Crippen LogP contribution < -0.4 is 10.2 Å². The van der Waals surface area contributed by atoms with Gasteiger partial charge in [0.1, 0.15) is 6.04 Å². The molecule has 0 aliphatic carbocycles. The standard InChI is InChI=1S/C19H21N5O4/c25-18-16(6-11-27-18)23-7-9-24(10-8-23)22-19(26)28-15-12-20-17(21-13-15)14-4-2-1-3-5-14/h1-5,12-13,16H,6-11H2,(H,22,26). The summed E-state index contributed by atoms with van der Waals surface area (Å²) in [6, 6.07) is 9.40. The molecular formula is C19H21N5O4. The van der Waals surface area contributed by atoms with E-state index in [0.29, 0.717) is 38.6 Å². The Morgan fingerprint density at radius 1 is 1.11 bits per heavy atom. The number of nitrogens with zero attached hydrogens (tertiary/aromatic N) is 4. The molecule has 0 bridgehead atoms. The van der Waals surface area contributed by atoms with Crippen LogP contribution in [-0.4, -0.2) is 70.8 Å². The van der Waals surface area contributed by atoms with Crippen LogP contribution in [0.2, 0.25) is 0 Å². The Labute approximate surface area is 162 Å². The molecule has 3 heterocycles. The van der Waals surface area contributed by atoms with E-state index in [-0.39, 0.29) is 17.8 Å². The Morgan fingerprint density at radius 2 is 1.82 bits per heavy atom. The topological polar surface area (TPSA) is 96.9 Å². The number of esters is 1. The smallest absolute Gasteiger partial charge is 0.427 e. The van der Waals surface area contributed by atoms with E-state index in [4.69, 9.17) is 9.47 Å². The molecule has 9 nitrogen and oxygen atoms in total. The zero-order chi connectivity index (χ0) is 19.3. The van der Waals surface area contributed by atoms with E-state index >= 15 is 0 Å². The minimum Gasteiger partial charge on any atom is -0.464 e. The number of benzene rings is 1. The lowest BCUT2D eigenvalue weighted by Gasteiger charge is -2.36. The van der Waals surface area contributed by atoms with Crippen LogP contribution in [0.4, 0.5) is 4.79 Å². The Kier molecular flexibility index (Phi) is 5.45. The van der Waals surface area contributed by atoms with Gasteiger partial charge >= 0.3 is 12.1 Å². The summed E-state index contributed by atoms with van der Waals surface area (Å²) in [6.45, 7) is 3.04. The first-order valence-corrected chi connectivity index (χ1v) is 9.20. The third kappa shape index (κ3) is 4.26. The summed E-state index contributed by atoms with van der Waals surface area (Å²) in [5.41, 5.74) is 3.60. The highest BCUT2D eigenvalue weighted by molar-refractivity contribution is 5.77. The fourth-order valence-corrected chi connectivity index (χ4v) is 3.33. The SMILES string of the molecule is O=C(NN1CCN(C2CCOC2=O)CC1)Oc1cnc(-c2ccccc2)nc1. The van der Waals surface area contributed by atoms with Crippen molar-refractivity contribution < 1.29 is 19.1 Å². The Bertz CT molecular complexity index is 822. The molecule has 146 valence electrons. The van der Waals surface area contributed by atoms with Crippen LogP contribution in [0.15, 0.2) is 42.7 Å². The van der Waals surface area contributed by atoms with Crippen LogP contribution in [0.1, 0.15) is 6.42 Å². The minimum absolute atomic E-state index is 0.153. The third-order valence-electron chi connectivity index (χ3n) is 4.78. The molecule has 1 N–H and O–H groups in total. The molecule has 0 spiro atoms. The molecule has 1 aromatic heterocycles. The predicted octanol–water partition coefficient (Wildman–Crippen LogP) is 1.08. The summed E-state index contributed by atoms with van der Waals surface area (Å²) >= 11 is 0. The summed E-state index contributed by atoms with van der Waals surface area (Å²) in [5.74, 6) is 0.680. The lowest BCUT2D eigenvalue weighted by molar-refractivity contribution is -0.143. The second-order valence-electron chi connectivity index (χ2n) is 6.60. The van der Waals surface area contributed by atoms with Gasteiger partial charge in [0.15, 0.2) is 11.6 Å². The van der Waals surface area contributed by atoms with E-state index < -0.39 is 6.09 Å². The lowest BCUT2D eigenvalue weighted by Crippen LogP contribution is -2.56. The number of aromatic nitrogens is 2. The molecular weight excluding hydrogens is 362 g/mol. The van der Waals surface area contributed by atoms with Crippen molar-refractivity contribution in [2.24, 2.45) is 0 Å². The van der Waals surface area contributed by atoms with Gasteiger partial charge in [-0.05, 0) is 0 Å². The van der Waals surface area contributed by atoms with E-state index in [1.807, 2.05) is 30.3 Å². The molecule has 2 aromatic rings. The zero-order valence-corrected chi connectivity index (χ0v) is 15.3. The van der Waals surface area contributed by atoms with Crippen molar-refractivity contribution in [2.75, 3.05) is 32.8 Å². The molecule has 1 unspecified atom stereocenters. The number of cyclic esters (lactones) is 1. The van der Waals surface area contributed by atoms with Gasteiger partial charge in [0.25, 0.3) is 0 Å². The van der Waals surface area contributed by atoms with E-state index in [1.165, 1.54) is 12.4 Å². The van der Waals surface area contributed by atoms with Crippen molar-refractivity contribution in [1.82, 2.24) is 25.3 Å². The van der Waals surface area contributed by atoms with Gasteiger partial charge in [0.05, 0.1) is 19.0 Å². The zero-order valence-electron chi connectivity index (χ0n) is 15.3. The van der Waals surface area contributed by atoms with Gasteiger partial charge < -0.3 is 9.47 Å².